The van der Waals surface area contributed by atoms with Crippen molar-refractivity contribution in [2.75, 3.05) is 24.5 Å². The average Bonchev–Trinajstić information content (AvgIpc) is 2.29. The molecule has 0 unspecified atom stereocenters. The zero-order valence-electron chi connectivity index (χ0n) is 9.35. The van der Waals surface area contributed by atoms with Gasteiger partial charge in [0.1, 0.15) is 0 Å². The van der Waals surface area contributed by atoms with E-state index in [4.69, 9.17) is 5.11 Å². The first kappa shape index (κ1) is 11.6. The monoisotopic (exact) mass is 234 g/mol. The lowest BCUT2D eigenvalue weighted by Gasteiger charge is -2.27. The third-order valence-electron chi connectivity index (χ3n) is 2.67. The quantitative estimate of drug-likeness (QED) is 0.786. The SMILES string of the molecule is O=C(O)Cc1cccc(N2CCNCC2=O)c1. The van der Waals surface area contributed by atoms with E-state index in [0.717, 1.165) is 12.2 Å². The number of carboxylic acid groups (broad SMARTS) is 1. The summed E-state index contributed by atoms with van der Waals surface area (Å²) in [6, 6.07) is 7.12. The number of amides is 1. The molecule has 1 heterocycles. The van der Waals surface area contributed by atoms with Crippen LogP contribution in [0.25, 0.3) is 0 Å². The van der Waals surface area contributed by atoms with E-state index in [9.17, 15) is 9.59 Å². The highest BCUT2D eigenvalue weighted by molar-refractivity contribution is 5.95. The van der Waals surface area contributed by atoms with Crippen LogP contribution in [0.1, 0.15) is 5.56 Å². The lowest BCUT2D eigenvalue weighted by atomic mass is 10.1. The third kappa shape index (κ3) is 2.82. The Hall–Kier alpha value is -1.88. The number of nitrogens with one attached hydrogen (secondary N) is 1. The molecule has 0 bridgehead atoms. The molecule has 0 spiro atoms. The molecule has 0 saturated carbocycles. The molecule has 2 rings (SSSR count). The van der Waals surface area contributed by atoms with Gasteiger partial charge in [0.2, 0.25) is 5.91 Å². The molecule has 2 N–H and O–H groups in total. The van der Waals surface area contributed by atoms with Crippen LogP contribution in [0.15, 0.2) is 24.3 Å². The molecule has 1 amide bonds. The molecule has 1 aromatic carbocycles. The molecular formula is C12H14N2O3. The van der Waals surface area contributed by atoms with Crippen molar-refractivity contribution in [2.24, 2.45) is 0 Å². The van der Waals surface area contributed by atoms with E-state index in [-0.39, 0.29) is 12.3 Å². The van der Waals surface area contributed by atoms with Crippen LogP contribution in [0.3, 0.4) is 0 Å². The smallest absolute Gasteiger partial charge is 0.307 e. The van der Waals surface area contributed by atoms with Crippen LogP contribution in [-0.2, 0) is 16.0 Å². The van der Waals surface area contributed by atoms with Gasteiger partial charge >= 0.3 is 5.97 Å². The Kier molecular flexibility index (Phi) is 3.39. The van der Waals surface area contributed by atoms with Crippen molar-refractivity contribution >= 4 is 17.6 Å². The number of carbonyl (C=O) groups is 2. The minimum atomic E-state index is -0.867. The molecule has 17 heavy (non-hydrogen) atoms. The first-order chi connectivity index (χ1) is 8.16. The maximum atomic E-state index is 11.7. The number of hydrogen-bond donors (Lipinski definition) is 2. The molecule has 5 heteroatoms. The normalized spacial score (nSPS) is 16.0. The Morgan fingerprint density at radius 2 is 2.29 bits per heavy atom. The standard InChI is InChI=1S/C12H14N2O3/c15-11-8-13-4-5-14(11)10-3-1-2-9(6-10)7-12(16)17/h1-3,6,13H,4-5,7-8H2,(H,16,17). The topological polar surface area (TPSA) is 69.6 Å². The summed E-state index contributed by atoms with van der Waals surface area (Å²) >= 11 is 0. The molecule has 0 aromatic heterocycles. The lowest BCUT2D eigenvalue weighted by molar-refractivity contribution is -0.136. The second-order valence-corrected chi connectivity index (χ2v) is 3.96. The number of carbonyl (C=O) groups excluding carboxylic acids is 1. The summed E-state index contributed by atoms with van der Waals surface area (Å²) in [5.74, 6) is -0.850. The van der Waals surface area contributed by atoms with Crippen LogP contribution < -0.4 is 10.2 Å². The highest BCUT2D eigenvalue weighted by Gasteiger charge is 2.19. The maximum Gasteiger partial charge on any atom is 0.307 e. The summed E-state index contributed by atoms with van der Waals surface area (Å²) < 4.78 is 0. The average molecular weight is 234 g/mol. The molecule has 0 aliphatic carbocycles. The second kappa shape index (κ2) is 4.97. The minimum Gasteiger partial charge on any atom is -0.481 e. The summed E-state index contributed by atoms with van der Waals surface area (Å²) in [6.45, 7) is 1.72. The Labute approximate surface area is 99.0 Å². The van der Waals surface area contributed by atoms with Gasteiger partial charge in [0.25, 0.3) is 0 Å². The van der Waals surface area contributed by atoms with Crippen molar-refractivity contribution in [1.82, 2.24) is 5.32 Å². The first-order valence-corrected chi connectivity index (χ1v) is 5.48. The zero-order chi connectivity index (χ0) is 12.3. The highest BCUT2D eigenvalue weighted by Crippen LogP contribution is 2.17. The molecule has 1 aliphatic rings. The summed E-state index contributed by atoms with van der Waals surface area (Å²) in [7, 11) is 0. The number of rotatable bonds is 3. The fraction of sp³-hybridized carbons (Fsp3) is 0.333. The van der Waals surface area contributed by atoms with Crippen molar-refractivity contribution < 1.29 is 14.7 Å². The summed E-state index contributed by atoms with van der Waals surface area (Å²) in [5.41, 5.74) is 1.48. The Bertz CT molecular complexity index is 445. The molecule has 0 atom stereocenters. The molecule has 5 nitrogen and oxygen atoms in total. The first-order valence-electron chi connectivity index (χ1n) is 5.48. The van der Waals surface area contributed by atoms with Gasteiger partial charge in [0.15, 0.2) is 0 Å². The van der Waals surface area contributed by atoms with Gasteiger partial charge in [-0.1, -0.05) is 12.1 Å². The summed E-state index contributed by atoms with van der Waals surface area (Å²) in [6.07, 6.45) is -0.0197. The van der Waals surface area contributed by atoms with Crippen LogP contribution in [0.5, 0.6) is 0 Å². The number of carboxylic acids is 1. The van der Waals surface area contributed by atoms with E-state index in [0.29, 0.717) is 18.7 Å². The van der Waals surface area contributed by atoms with Gasteiger partial charge < -0.3 is 15.3 Å². The van der Waals surface area contributed by atoms with Crippen LogP contribution >= 0.6 is 0 Å². The van der Waals surface area contributed by atoms with Gasteiger partial charge in [-0.2, -0.15) is 0 Å². The molecule has 90 valence electrons. The predicted molar refractivity (Wildman–Crippen MR) is 63.0 cm³/mol. The van der Waals surface area contributed by atoms with Crippen molar-refractivity contribution in [3.63, 3.8) is 0 Å². The fourth-order valence-electron chi connectivity index (χ4n) is 1.89. The number of benzene rings is 1. The van der Waals surface area contributed by atoms with Crippen LogP contribution in [0.4, 0.5) is 5.69 Å². The van der Waals surface area contributed by atoms with Gasteiger partial charge in [0.05, 0.1) is 13.0 Å². The maximum absolute atomic E-state index is 11.7. The van der Waals surface area contributed by atoms with E-state index in [1.54, 1.807) is 23.1 Å². The van der Waals surface area contributed by atoms with Crippen LogP contribution in [-0.4, -0.2) is 36.6 Å². The van der Waals surface area contributed by atoms with Gasteiger partial charge in [-0.25, -0.2) is 0 Å². The Balaban J connectivity index is 2.19. The van der Waals surface area contributed by atoms with Gasteiger partial charge in [-0.05, 0) is 17.7 Å². The number of hydrogen-bond acceptors (Lipinski definition) is 3. The van der Waals surface area contributed by atoms with Crippen LogP contribution in [0.2, 0.25) is 0 Å². The number of piperazine rings is 1. The Morgan fingerprint density at radius 1 is 1.47 bits per heavy atom. The summed E-state index contributed by atoms with van der Waals surface area (Å²) in [5, 5.41) is 11.7. The van der Waals surface area contributed by atoms with E-state index in [2.05, 4.69) is 5.32 Å². The molecular weight excluding hydrogens is 220 g/mol. The molecule has 1 aromatic rings. The van der Waals surface area contributed by atoms with Crippen LogP contribution in [0, 0.1) is 0 Å². The van der Waals surface area contributed by atoms with Gasteiger partial charge in [0, 0.05) is 18.8 Å². The summed E-state index contributed by atoms with van der Waals surface area (Å²) in [4.78, 5) is 24.0. The molecule has 1 saturated heterocycles. The van der Waals surface area contributed by atoms with Crippen molar-refractivity contribution in [3.05, 3.63) is 29.8 Å². The predicted octanol–water partition coefficient (Wildman–Crippen LogP) is 0.250. The van der Waals surface area contributed by atoms with E-state index in [1.165, 1.54) is 0 Å². The number of anilines is 1. The van der Waals surface area contributed by atoms with Gasteiger partial charge in [-0.3, -0.25) is 9.59 Å². The minimum absolute atomic E-state index is 0.0173. The fourth-order valence-corrected chi connectivity index (χ4v) is 1.89. The van der Waals surface area contributed by atoms with Crippen molar-refractivity contribution in [2.45, 2.75) is 6.42 Å². The number of aliphatic carboxylic acids is 1. The van der Waals surface area contributed by atoms with E-state index >= 15 is 0 Å². The highest BCUT2D eigenvalue weighted by atomic mass is 16.4. The van der Waals surface area contributed by atoms with E-state index in [1.807, 2.05) is 6.07 Å². The Morgan fingerprint density at radius 3 is 3.00 bits per heavy atom. The molecule has 0 radical (unpaired) electrons. The third-order valence-corrected chi connectivity index (χ3v) is 2.67. The second-order valence-electron chi connectivity index (χ2n) is 3.96. The van der Waals surface area contributed by atoms with Gasteiger partial charge in [-0.15, -0.1) is 0 Å². The molecule has 1 aliphatic heterocycles. The van der Waals surface area contributed by atoms with Crippen molar-refractivity contribution in [3.8, 4) is 0 Å². The lowest BCUT2D eigenvalue weighted by Crippen LogP contribution is -2.48. The van der Waals surface area contributed by atoms with E-state index < -0.39 is 5.97 Å². The largest absolute Gasteiger partial charge is 0.481 e. The van der Waals surface area contributed by atoms with Crippen molar-refractivity contribution in [1.29, 1.82) is 0 Å². The number of nitrogens with zero attached hydrogens (tertiary/aromatic N) is 1. The molecule has 1 fully saturated rings. The zero-order valence-corrected chi connectivity index (χ0v) is 9.35.